The van der Waals surface area contributed by atoms with E-state index in [1.54, 1.807) is 24.5 Å². The van der Waals surface area contributed by atoms with Gasteiger partial charge in [-0.2, -0.15) is 5.26 Å². The Morgan fingerprint density at radius 3 is 2.50 bits per heavy atom. The molecule has 0 spiro atoms. The Hall–Kier alpha value is -3.76. The number of nitrogen functional groups attached to an aromatic ring is 1. The number of benzene rings is 1. The Bertz CT molecular complexity index is 1070. The molecule has 1 atom stereocenters. The largest absolute Gasteiger partial charge is 0.397 e. The molecule has 7 nitrogen and oxygen atoms in total. The van der Waals surface area contributed by atoms with Crippen molar-refractivity contribution < 1.29 is 4.79 Å². The van der Waals surface area contributed by atoms with Gasteiger partial charge in [0.25, 0.3) is 5.91 Å². The summed E-state index contributed by atoms with van der Waals surface area (Å²) in [6.45, 7) is 2.61. The van der Waals surface area contributed by atoms with E-state index in [-0.39, 0.29) is 11.9 Å². The van der Waals surface area contributed by atoms with Crippen molar-refractivity contribution in [2.75, 3.05) is 31.9 Å². The summed E-state index contributed by atoms with van der Waals surface area (Å²) in [6.07, 6.45) is 6.70. The number of nitrogens with zero attached hydrogens (tertiary/aromatic N) is 5. The lowest BCUT2D eigenvalue weighted by Crippen LogP contribution is -2.49. The van der Waals surface area contributed by atoms with Crippen molar-refractivity contribution >= 4 is 11.6 Å². The molecule has 4 rings (SSSR count). The Labute approximate surface area is 175 Å². The minimum absolute atomic E-state index is 0.0294. The minimum atomic E-state index is -0.0566. The number of nitrogens with two attached hydrogens (primary N) is 1. The first kappa shape index (κ1) is 19.6. The lowest BCUT2D eigenvalue weighted by molar-refractivity contribution is 0.0597. The molecule has 1 amide bonds. The van der Waals surface area contributed by atoms with E-state index < -0.39 is 0 Å². The number of hydrogen-bond acceptors (Lipinski definition) is 6. The molecule has 1 aliphatic heterocycles. The molecule has 30 heavy (non-hydrogen) atoms. The van der Waals surface area contributed by atoms with Crippen molar-refractivity contribution in [3.63, 3.8) is 0 Å². The lowest BCUT2D eigenvalue weighted by atomic mass is 9.96. The Morgan fingerprint density at radius 1 is 1.00 bits per heavy atom. The fraction of sp³-hybridized carbons (Fsp3) is 0.217. The van der Waals surface area contributed by atoms with Crippen LogP contribution in [0.25, 0.3) is 0 Å². The van der Waals surface area contributed by atoms with Crippen LogP contribution in [0.1, 0.15) is 33.1 Å². The van der Waals surface area contributed by atoms with Crippen LogP contribution >= 0.6 is 0 Å². The molecule has 3 aromatic rings. The van der Waals surface area contributed by atoms with Crippen LogP contribution in [0.3, 0.4) is 0 Å². The van der Waals surface area contributed by atoms with E-state index in [9.17, 15) is 10.1 Å². The Morgan fingerprint density at radius 2 is 1.80 bits per heavy atom. The summed E-state index contributed by atoms with van der Waals surface area (Å²) < 4.78 is 0. The number of carbonyl (C=O) groups is 1. The molecule has 0 aliphatic carbocycles. The summed E-state index contributed by atoms with van der Waals surface area (Å²) in [5.41, 5.74) is 9.49. The van der Waals surface area contributed by atoms with Crippen molar-refractivity contribution in [3.05, 3.63) is 89.5 Å². The lowest BCUT2D eigenvalue weighted by Gasteiger charge is -2.39. The Kier molecular flexibility index (Phi) is 5.68. The van der Waals surface area contributed by atoms with Gasteiger partial charge in [-0.05, 0) is 35.4 Å². The van der Waals surface area contributed by atoms with Gasteiger partial charge >= 0.3 is 0 Å². The number of carbonyl (C=O) groups excluding carboxylic acids is 1. The van der Waals surface area contributed by atoms with Gasteiger partial charge in [-0.1, -0.05) is 18.2 Å². The van der Waals surface area contributed by atoms with Crippen LogP contribution in [-0.4, -0.2) is 51.9 Å². The standard InChI is InChI=1S/C23H22N6O/c24-13-17-3-1-4-18(11-17)22(19-5-2-6-26-14-19)28-7-9-29(10-8-28)23(30)20-12-21(25)16-27-15-20/h1-6,11-12,14-16,22H,7-10,25H2/t22-/m0/s1. The molecule has 1 saturated heterocycles. The zero-order valence-electron chi connectivity index (χ0n) is 16.5. The molecule has 0 radical (unpaired) electrons. The maximum Gasteiger partial charge on any atom is 0.255 e. The molecule has 0 bridgehead atoms. The first-order chi connectivity index (χ1) is 14.7. The fourth-order valence-corrected chi connectivity index (χ4v) is 3.87. The molecule has 3 heterocycles. The average molecular weight is 398 g/mol. The van der Waals surface area contributed by atoms with E-state index in [0.717, 1.165) is 11.1 Å². The van der Waals surface area contributed by atoms with Crippen LogP contribution in [0, 0.1) is 11.3 Å². The number of piperazine rings is 1. The van der Waals surface area contributed by atoms with Crippen LogP contribution < -0.4 is 5.73 Å². The maximum atomic E-state index is 12.8. The summed E-state index contributed by atoms with van der Waals surface area (Å²) in [7, 11) is 0. The second kappa shape index (κ2) is 8.72. The van der Waals surface area contributed by atoms with Gasteiger partial charge in [-0.25, -0.2) is 0 Å². The van der Waals surface area contributed by atoms with Crippen LogP contribution in [0.4, 0.5) is 5.69 Å². The minimum Gasteiger partial charge on any atom is -0.397 e. The molecule has 0 unspecified atom stereocenters. The third-order valence-electron chi connectivity index (χ3n) is 5.30. The fourth-order valence-electron chi connectivity index (χ4n) is 3.87. The van der Waals surface area contributed by atoms with E-state index >= 15 is 0 Å². The molecule has 1 fully saturated rings. The number of hydrogen-bond donors (Lipinski definition) is 1. The predicted molar refractivity (Wildman–Crippen MR) is 113 cm³/mol. The van der Waals surface area contributed by atoms with Gasteiger partial charge in [0, 0.05) is 51.0 Å². The summed E-state index contributed by atoms with van der Waals surface area (Å²) in [6, 6.07) is 15.5. The first-order valence-corrected chi connectivity index (χ1v) is 9.79. The first-order valence-electron chi connectivity index (χ1n) is 9.79. The third-order valence-corrected chi connectivity index (χ3v) is 5.30. The van der Waals surface area contributed by atoms with Crippen molar-refractivity contribution in [1.29, 1.82) is 5.26 Å². The number of nitriles is 1. The number of pyridine rings is 2. The van der Waals surface area contributed by atoms with E-state index in [0.29, 0.717) is 43.0 Å². The second-order valence-electron chi connectivity index (χ2n) is 7.26. The summed E-state index contributed by atoms with van der Waals surface area (Å²) in [5.74, 6) is -0.0566. The summed E-state index contributed by atoms with van der Waals surface area (Å²) >= 11 is 0. The molecule has 7 heteroatoms. The number of anilines is 1. The highest BCUT2D eigenvalue weighted by molar-refractivity contribution is 5.94. The molecule has 0 saturated carbocycles. The van der Waals surface area contributed by atoms with E-state index in [4.69, 9.17) is 5.73 Å². The quantitative estimate of drug-likeness (QED) is 0.725. The zero-order chi connectivity index (χ0) is 20.9. The van der Waals surface area contributed by atoms with Crippen LogP contribution in [-0.2, 0) is 0 Å². The van der Waals surface area contributed by atoms with Crippen LogP contribution in [0.5, 0.6) is 0 Å². The number of amides is 1. The van der Waals surface area contributed by atoms with Gasteiger partial charge in [-0.15, -0.1) is 0 Å². The van der Waals surface area contributed by atoms with Gasteiger partial charge in [0.1, 0.15) is 0 Å². The van der Waals surface area contributed by atoms with Gasteiger partial charge in [0.05, 0.1) is 28.9 Å². The molecular formula is C23H22N6O. The van der Waals surface area contributed by atoms with Crippen LogP contribution in [0.2, 0.25) is 0 Å². The Balaban J connectivity index is 1.55. The van der Waals surface area contributed by atoms with E-state index in [2.05, 4.69) is 20.9 Å². The smallest absolute Gasteiger partial charge is 0.255 e. The monoisotopic (exact) mass is 398 g/mol. The molecule has 2 N–H and O–H groups in total. The second-order valence-corrected chi connectivity index (χ2v) is 7.26. The van der Waals surface area contributed by atoms with E-state index in [1.165, 1.54) is 6.20 Å². The van der Waals surface area contributed by atoms with Crippen LogP contribution in [0.15, 0.2) is 67.3 Å². The summed E-state index contributed by atoms with van der Waals surface area (Å²) in [5, 5.41) is 9.31. The third kappa shape index (κ3) is 4.14. The maximum absolute atomic E-state index is 12.8. The van der Waals surface area contributed by atoms with E-state index in [1.807, 2.05) is 41.4 Å². The van der Waals surface area contributed by atoms with Crippen molar-refractivity contribution in [2.24, 2.45) is 0 Å². The highest BCUT2D eigenvalue weighted by Crippen LogP contribution is 2.30. The molecular weight excluding hydrogens is 376 g/mol. The zero-order valence-corrected chi connectivity index (χ0v) is 16.5. The highest BCUT2D eigenvalue weighted by Gasteiger charge is 2.29. The molecule has 150 valence electrons. The van der Waals surface area contributed by atoms with Gasteiger partial charge in [-0.3, -0.25) is 19.7 Å². The highest BCUT2D eigenvalue weighted by atomic mass is 16.2. The molecule has 1 aromatic carbocycles. The normalized spacial score (nSPS) is 15.4. The molecule has 2 aromatic heterocycles. The number of aromatic nitrogens is 2. The summed E-state index contributed by atoms with van der Waals surface area (Å²) in [4.78, 5) is 25.3. The predicted octanol–water partition coefficient (Wildman–Crippen LogP) is 2.48. The topological polar surface area (TPSA) is 99.1 Å². The number of rotatable bonds is 4. The van der Waals surface area contributed by atoms with Crippen molar-refractivity contribution in [1.82, 2.24) is 19.8 Å². The van der Waals surface area contributed by atoms with Gasteiger partial charge in [0.15, 0.2) is 0 Å². The van der Waals surface area contributed by atoms with Gasteiger partial charge < -0.3 is 10.6 Å². The molecule has 1 aliphatic rings. The average Bonchev–Trinajstić information content (AvgIpc) is 2.80. The van der Waals surface area contributed by atoms with Crippen molar-refractivity contribution in [2.45, 2.75) is 6.04 Å². The van der Waals surface area contributed by atoms with Crippen molar-refractivity contribution in [3.8, 4) is 6.07 Å². The SMILES string of the molecule is N#Cc1cccc([C@@H](c2cccnc2)N2CCN(C(=O)c3cncc(N)c3)CC2)c1. The van der Waals surface area contributed by atoms with Gasteiger partial charge in [0.2, 0.25) is 0 Å².